The summed E-state index contributed by atoms with van der Waals surface area (Å²) >= 11 is 2.39. The van der Waals surface area contributed by atoms with Crippen LogP contribution < -0.4 is 5.32 Å². The maximum absolute atomic E-state index is 5.19. The fourth-order valence-corrected chi connectivity index (χ4v) is 2.41. The van der Waals surface area contributed by atoms with E-state index in [4.69, 9.17) is 9.47 Å². The Hall–Kier alpha value is -0.400. The lowest BCUT2D eigenvalue weighted by Gasteiger charge is -2.23. The normalized spacial score (nSPS) is 19.4. The third kappa shape index (κ3) is 2.46. The molecule has 0 amide bonds. The second-order valence-corrected chi connectivity index (χ2v) is 5.20. The monoisotopic (exact) mass is 334 g/mol. The van der Waals surface area contributed by atoms with Gasteiger partial charge in [0.05, 0.1) is 9.74 Å². The van der Waals surface area contributed by atoms with Crippen molar-refractivity contribution in [1.82, 2.24) is 4.98 Å². The zero-order valence-electron chi connectivity index (χ0n) is 9.37. The smallest absolute Gasteiger partial charge is 0.200 e. The molecule has 0 radical (unpaired) electrons. The van der Waals surface area contributed by atoms with Gasteiger partial charge in [-0.15, -0.1) is 0 Å². The molecule has 0 spiro atoms. The van der Waals surface area contributed by atoms with Gasteiger partial charge in [0.15, 0.2) is 0 Å². The lowest BCUT2D eigenvalue weighted by Crippen LogP contribution is -2.21. The highest BCUT2D eigenvalue weighted by Crippen LogP contribution is 2.27. The number of pyridine rings is 1. The Bertz CT molecular complexity index is 369. The van der Waals surface area contributed by atoms with Crippen LogP contribution in [0.3, 0.4) is 0 Å². The molecule has 0 aromatic carbocycles. The van der Waals surface area contributed by atoms with Gasteiger partial charge in [-0.25, -0.2) is 4.98 Å². The van der Waals surface area contributed by atoms with Crippen molar-refractivity contribution in [1.29, 1.82) is 0 Å². The first kappa shape index (κ1) is 12.1. The average molecular weight is 334 g/mol. The van der Waals surface area contributed by atoms with Crippen LogP contribution in [0.1, 0.15) is 24.0 Å². The van der Waals surface area contributed by atoms with Gasteiger partial charge in [0.1, 0.15) is 5.82 Å². The number of alkyl halides is 1. The zero-order chi connectivity index (χ0) is 11.5. The summed E-state index contributed by atoms with van der Waals surface area (Å²) in [4.78, 5) is 4.54. The van der Waals surface area contributed by atoms with Crippen molar-refractivity contribution in [2.45, 2.75) is 23.2 Å². The van der Waals surface area contributed by atoms with Crippen LogP contribution in [0.15, 0.2) is 12.1 Å². The first-order valence-corrected chi connectivity index (χ1v) is 6.45. The SMILES string of the molecule is COC(OC)c1ccc2c(n1)NC(I)CC2. The van der Waals surface area contributed by atoms with Crippen molar-refractivity contribution in [2.75, 3.05) is 19.5 Å². The highest BCUT2D eigenvalue weighted by molar-refractivity contribution is 14.1. The molecule has 4 nitrogen and oxygen atoms in total. The number of nitrogens with zero attached hydrogens (tertiary/aromatic N) is 1. The number of methoxy groups -OCH3 is 2. The highest BCUT2D eigenvalue weighted by Gasteiger charge is 2.19. The topological polar surface area (TPSA) is 43.4 Å². The van der Waals surface area contributed by atoms with E-state index in [-0.39, 0.29) is 6.29 Å². The fourth-order valence-electron chi connectivity index (χ4n) is 1.80. The van der Waals surface area contributed by atoms with Gasteiger partial charge in [0.25, 0.3) is 0 Å². The van der Waals surface area contributed by atoms with E-state index in [9.17, 15) is 0 Å². The van der Waals surface area contributed by atoms with Crippen LogP contribution in [0.25, 0.3) is 0 Å². The third-order valence-electron chi connectivity index (χ3n) is 2.63. The summed E-state index contributed by atoms with van der Waals surface area (Å²) in [5.41, 5.74) is 2.07. The number of anilines is 1. The van der Waals surface area contributed by atoms with Crippen molar-refractivity contribution in [3.05, 3.63) is 23.4 Å². The van der Waals surface area contributed by atoms with Crippen molar-refractivity contribution in [2.24, 2.45) is 0 Å². The molecule has 1 N–H and O–H groups in total. The van der Waals surface area contributed by atoms with E-state index in [0.29, 0.717) is 4.05 Å². The molecule has 16 heavy (non-hydrogen) atoms. The summed E-state index contributed by atoms with van der Waals surface area (Å²) in [7, 11) is 3.23. The summed E-state index contributed by atoms with van der Waals surface area (Å²) in [6, 6.07) is 4.06. The maximum Gasteiger partial charge on any atom is 0.200 e. The highest BCUT2D eigenvalue weighted by atomic mass is 127. The third-order valence-corrected chi connectivity index (χ3v) is 3.56. The van der Waals surface area contributed by atoms with E-state index in [1.807, 2.05) is 6.07 Å². The van der Waals surface area contributed by atoms with Gasteiger partial charge in [-0.1, -0.05) is 28.7 Å². The molecule has 0 bridgehead atoms. The van der Waals surface area contributed by atoms with Gasteiger partial charge in [-0.2, -0.15) is 0 Å². The summed E-state index contributed by atoms with van der Waals surface area (Å²) in [5.74, 6) is 0.960. The first-order valence-electron chi connectivity index (χ1n) is 5.20. The molecule has 0 saturated heterocycles. The van der Waals surface area contributed by atoms with Gasteiger partial charge in [0, 0.05) is 14.2 Å². The lowest BCUT2D eigenvalue weighted by atomic mass is 10.1. The average Bonchev–Trinajstić information content (AvgIpc) is 2.30. The first-order chi connectivity index (χ1) is 7.74. The Morgan fingerprint density at radius 3 is 2.88 bits per heavy atom. The minimum atomic E-state index is -0.387. The van der Waals surface area contributed by atoms with Gasteiger partial charge in [-0.3, -0.25) is 0 Å². The molecule has 1 aliphatic rings. The molecule has 2 rings (SSSR count). The Morgan fingerprint density at radius 1 is 1.44 bits per heavy atom. The van der Waals surface area contributed by atoms with Crippen LogP contribution in [-0.4, -0.2) is 23.3 Å². The number of aryl methyl sites for hydroxylation is 1. The van der Waals surface area contributed by atoms with Crippen LogP contribution in [-0.2, 0) is 15.9 Å². The zero-order valence-corrected chi connectivity index (χ0v) is 11.5. The van der Waals surface area contributed by atoms with E-state index in [1.165, 1.54) is 5.56 Å². The minimum Gasteiger partial charge on any atom is -0.358 e. The molecular weight excluding hydrogens is 319 g/mol. The summed E-state index contributed by atoms with van der Waals surface area (Å²) < 4.78 is 10.8. The van der Waals surface area contributed by atoms with E-state index < -0.39 is 0 Å². The van der Waals surface area contributed by atoms with Gasteiger partial charge < -0.3 is 14.8 Å². The van der Waals surface area contributed by atoms with Crippen molar-refractivity contribution < 1.29 is 9.47 Å². The molecule has 1 atom stereocenters. The number of halogens is 1. The lowest BCUT2D eigenvalue weighted by molar-refractivity contribution is -0.108. The second-order valence-electron chi connectivity index (χ2n) is 3.70. The Balaban J connectivity index is 2.27. The molecule has 1 aromatic heterocycles. The molecular formula is C11H15IN2O2. The summed E-state index contributed by atoms with van der Waals surface area (Å²) in [6.07, 6.45) is 1.84. The van der Waals surface area contributed by atoms with Crippen LogP contribution in [0.4, 0.5) is 5.82 Å². The van der Waals surface area contributed by atoms with Crippen molar-refractivity contribution in [3.8, 4) is 0 Å². The van der Waals surface area contributed by atoms with Crippen LogP contribution in [0, 0.1) is 0 Å². The van der Waals surface area contributed by atoms with Gasteiger partial charge in [-0.05, 0) is 24.5 Å². The fraction of sp³-hybridized carbons (Fsp3) is 0.545. The van der Waals surface area contributed by atoms with E-state index in [1.54, 1.807) is 14.2 Å². The number of rotatable bonds is 3. The largest absolute Gasteiger partial charge is 0.358 e. The Kier molecular flexibility index (Phi) is 3.99. The van der Waals surface area contributed by atoms with E-state index >= 15 is 0 Å². The Labute approximate surface area is 109 Å². The molecule has 1 aromatic rings. The Morgan fingerprint density at radius 2 is 2.19 bits per heavy atom. The molecule has 88 valence electrons. The minimum absolute atomic E-state index is 0.387. The maximum atomic E-state index is 5.19. The predicted octanol–water partition coefficient (Wildman–Crippen LogP) is 2.49. The number of nitrogens with one attached hydrogen (secondary N) is 1. The predicted molar refractivity (Wildman–Crippen MR) is 70.7 cm³/mol. The van der Waals surface area contributed by atoms with Gasteiger partial charge >= 0.3 is 0 Å². The number of aromatic nitrogens is 1. The van der Waals surface area contributed by atoms with Crippen molar-refractivity contribution in [3.63, 3.8) is 0 Å². The molecule has 2 heterocycles. The summed E-state index contributed by atoms with van der Waals surface area (Å²) in [5, 5.41) is 3.37. The van der Waals surface area contributed by atoms with E-state index in [0.717, 1.165) is 24.4 Å². The van der Waals surface area contributed by atoms with Crippen molar-refractivity contribution >= 4 is 28.4 Å². The molecule has 5 heteroatoms. The van der Waals surface area contributed by atoms with Crippen LogP contribution in [0.5, 0.6) is 0 Å². The molecule has 1 unspecified atom stereocenters. The number of hydrogen-bond donors (Lipinski definition) is 1. The molecule has 1 aliphatic heterocycles. The van der Waals surface area contributed by atoms with Crippen LogP contribution in [0.2, 0.25) is 0 Å². The van der Waals surface area contributed by atoms with E-state index in [2.05, 4.69) is 39.0 Å². The standard InChI is InChI=1S/C11H15IN2O2/c1-15-11(16-2)8-5-3-7-4-6-9(12)14-10(7)13-8/h3,5,9,11H,4,6H2,1-2H3,(H,13,14). The second kappa shape index (κ2) is 5.29. The van der Waals surface area contributed by atoms with Gasteiger partial charge in [0.2, 0.25) is 6.29 Å². The molecule has 0 saturated carbocycles. The number of fused-ring (bicyclic) bond motifs is 1. The number of ether oxygens (including phenoxy) is 2. The van der Waals surface area contributed by atoms with Crippen LogP contribution >= 0.6 is 22.6 Å². The quantitative estimate of drug-likeness (QED) is 0.399. The molecule has 0 aliphatic carbocycles. The number of hydrogen-bond acceptors (Lipinski definition) is 4. The molecule has 0 fully saturated rings. The summed E-state index contributed by atoms with van der Waals surface area (Å²) in [6.45, 7) is 0.